The van der Waals surface area contributed by atoms with Crippen molar-refractivity contribution in [3.63, 3.8) is 0 Å². The molecule has 0 aromatic carbocycles. The van der Waals surface area contributed by atoms with Gasteiger partial charge in [-0.3, -0.25) is 9.59 Å². The fourth-order valence-electron chi connectivity index (χ4n) is 2.13. The van der Waals surface area contributed by atoms with Crippen LogP contribution in [-0.4, -0.2) is 30.1 Å². The summed E-state index contributed by atoms with van der Waals surface area (Å²) in [5.41, 5.74) is -0.199. The van der Waals surface area contributed by atoms with Crippen molar-refractivity contribution in [2.24, 2.45) is 5.41 Å². The summed E-state index contributed by atoms with van der Waals surface area (Å²) in [5.74, 6) is -0.328. The van der Waals surface area contributed by atoms with Gasteiger partial charge in [0.1, 0.15) is 11.7 Å². The zero-order valence-corrected chi connectivity index (χ0v) is 7.73. The van der Waals surface area contributed by atoms with Crippen LogP contribution >= 0.6 is 0 Å². The molecule has 0 radical (unpaired) electrons. The van der Waals surface area contributed by atoms with E-state index in [-0.39, 0.29) is 5.97 Å². The minimum atomic E-state index is -0.869. The molecule has 0 bridgehead atoms. The highest BCUT2D eigenvalue weighted by atomic mass is 16.5. The number of cyclic esters (lactones) is 1. The van der Waals surface area contributed by atoms with E-state index in [1.807, 2.05) is 0 Å². The van der Waals surface area contributed by atoms with Crippen LogP contribution in [0.1, 0.15) is 19.3 Å². The van der Waals surface area contributed by atoms with Gasteiger partial charge >= 0.3 is 5.97 Å². The Hall–Kier alpha value is -1.16. The lowest BCUT2D eigenvalue weighted by atomic mass is 9.72. The number of esters is 1. The van der Waals surface area contributed by atoms with Crippen molar-refractivity contribution in [3.05, 3.63) is 11.6 Å². The van der Waals surface area contributed by atoms with Gasteiger partial charge in [0, 0.05) is 6.42 Å². The zero-order valence-electron chi connectivity index (χ0n) is 7.73. The summed E-state index contributed by atoms with van der Waals surface area (Å²) >= 11 is 0. The van der Waals surface area contributed by atoms with E-state index in [0.717, 1.165) is 6.29 Å². The minimum absolute atomic E-state index is 0.328. The van der Waals surface area contributed by atoms with Crippen molar-refractivity contribution in [2.45, 2.75) is 25.4 Å². The lowest BCUT2D eigenvalue weighted by Gasteiger charge is -2.32. The van der Waals surface area contributed by atoms with Gasteiger partial charge in [0.15, 0.2) is 0 Å². The Balaban J connectivity index is 2.28. The number of rotatable bonds is 1. The minimum Gasteiger partial charge on any atom is -0.465 e. The quantitative estimate of drug-likeness (QED) is 0.480. The molecule has 76 valence electrons. The van der Waals surface area contributed by atoms with Crippen LogP contribution in [-0.2, 0) is 14.3 Å². The topological polar surface area (TPSA) is 63.6 Å². The molecule has 1 fully saturated rings. The maximum absolute atomic E-state index is 11.5. The number of carbonyl (C=O) groups excluding carboxylic acids is 2. The number of aliphatic hydroxyl groups is 1. The first-order chi connectivity index (χ1) is 6.69. The van der Waals surface area contributed by atoms with Gasteiger partial charge in [-0.2, -0.15) is 0 Å². The van der Waals surface area contributed by atoms with Gasteiger partial charge in [-0.1, -0.05) is 0 Å². The molecule has 1 heterocycles. The Kier molecular flexibility index (Phi) is 2.15. The third-order valence-corrected chi connectivity index (χ3v) is 3.14. The predicted octanol–water partition coefficient (Wildman–Crippen LogP) is 0.200. The standard InChI is InChI=1S/C10H12O4/c11-6-7-1-2-10(8(12)5-7)3-4-14-9(10)13/h5-6,8,12H,1-4H2. The number of hydrogen-bond acceptors (Lipinski definition) is 4. The Morgan fingerprint density at radius 2 is 2.36 bits per heavy atom. The highest BCUT2D eigenvalue weighted by Crippen LogP contribution is 2.42. The van der Waals surface area contributed by atoms with Crippen LogP contribution < -0.4 is 0 Å². The van der Waals surface area contributed by atoms with E-state index in [1.54, 1.807) is 0 Å². The van der Waals surface area contributed by atoms with Gasteiger partial charge in [0.2, 0.25) is 0 Å². The first-order valence-electron chi connectivity index (χ1n) is 4.70. The summed E-state index contributed by atoms with van der Waals surface area (Å²) in [6.45, 7) is 0.375. The first kappa shape index (κ1) is 9.40. The molecule has 1 aliphatic carbocycles. The molecule has 0 aromatic heterocycles. The molecule has 4 heteroatoms. The Labute approximate surface area is 81.6 Å². The third-order valence-electron chi connectivity index (χ3n) is 3.14. The fraction of sp³-hybridized carbons (Fsp3) is 0.600. The highest BCUT2D eigenvalue weighted by molar-refractivity contribution is 5.82. The Morgan fingerprint density at radius 1 is 1.57 bits per heavy atom. The summed E-state index contributed by atoms with van der Waals surface area (Å²) in [4.78, 5) is 22.0. The van der Waals surface area contributed by atoms with E-state index in [0.29, 0.717) is 31.4 Å². The molecular formula is C10H12O4. The van der Waals surface area contributed by atoms with Crippen LogP contribution in [0.5, 0.6) is 0 Å². The van der Waals surface area contributed by atoms with Crippen LogP contribution in [0.4, 0.5) is 0 Å². The van der Waals surface area contributed by atoms with E-state index in [9.17, 15) is 14.7 Å². The van der Waals surface area contributed by atoms with Crippen molar-refractivity contribution in [2.75, 3.05) is 6.61 Å². The van der Waals surface area contributed by atoms with Crippen LogP contribution in [0.2, 0.25) is 0 Å². The predicted molar refractivity (Wildman–Crippen MR) is 47.4 cm³/mol. The molecule has 2 aliphatic rings. The summed E-state index contributed by atoms with van der Waals surface area (Å²) in [6.07, 6.45) is 2.95. The lowest BCUT2D eigenvalue weighted by molar-refractivity contribution is -0.151. The summed E-state index contributed by atoms with van der Waals surface area (Å²) in [7, 11) is 0. The van der Waals surface area contributed by atoms with Crippen molar-refractivity contribution < 1.29 is 19.4 Å². The summed E-state index contributed by atoms with van der Waals surface area (Å²) < 4.78 is 4.87. The molecule has 1 saturated heterocycles. The van der Waals surface area contributed by atoms with E-state index in [1.165, 1.54) is 6.08 Å². The molecule has 0 amide bonds. The monoisotopic (exact) mass is 196 g/mol. The number of aliphatic hydroxyl groups excluding tert-OH is 1. The molecule has 1 aliphatic heterocycles. The molecule has 0 aromatic rings. The number of hydrogen-bond donors (Lipinski definition) is 1. The largest absolute Gasteiger partial charge is 0.465 e. The van der Waals surface area contributed by atoms with E-state index in [4.69, 9.17) is 4.74 Å². The number of carbonyl (C=O) groups is 2. The maximum atomic E-state index is 11.5. The number of allylic oxidation sites excluding steroid dienone is 1. The van der Waals surface area contributed by atoms with E-state index < -0.39 is 11.5 Å². The third kappa shape index (κ3) is 1.18. The molecule has 4 nitrogen and oxygen atoms in total. The molecule has 2 rings (SSSR count). The molecule has 14 heavy (non-hydrogen) atoms. The highest BCUT2D eigenvalue weighted by Gasteiger charge is 2.50. The molecule has 2 atom stereocenters. The van der Waals surface area contributed by atoms with Gasteiger partial charge in [0.25, 0.3) is 0 Å². The van der Waals surface area contributed by atoms with Crippen molar-refractivity contribution in [1.29, 1.82) is 0 Å². The zero-order chi connectivity index (χ0) is 10.2. The van der Waals surface area contributed by atoms with Crippen LogP contribution in [0, 0.1) is 5.41 Å². The Bertz CT molecular complexity index is 307. The van der Waals surface area contributed by atoms with Crippen molar-refractivity contribution in [3.8, 4) is 0 Å². The summed E-state index contributed by atoms with van der Waals surface area (Å²) in [5, 5.41) is 9.80. The van der Waals surface area contributed by atoms with Gasteiger partial charge in [-0.15, -0.1) is 0 Å². The molecule has 1 N–H and O–H groups in total. The Morgan fingerprint density at radius 3 is 2.86 bits per heavy atom. The second-order valence-corrected chi connectivity index (χ2v) is 3.85. The number of ether oxygens (including phenoxy) is 1. The smallest absolute Gasteiger partial charge is 0.315 e. The normalized spacial score (nSPS) is 36.8. The van der Waals surface area contributed by atoms with Gasteiger partial charge in [0.05, 0.1) is 12.7 Å². The summed E-state index contributed by atoms with van der Waals surface area (Å²) in [6, 6.07) is 0. The SMILES string of the molecule is O=CC1=CC(O)C2(CCOC2=O)CC1. The average molecular weight is 196 g/mol. The lowest BCUT2D eigenvalue weighted by Crippen LogP contribution is -2.40. The molecular weight excluding hydrogens is 184 g/mol. The van der Waals surface area contributed by atoms with Gasteiger partial charge in [-0.25, -0.2) is 0 Å². The number of aldehydes is 1. The maximum Gasteiger partial charge on any atom is 0.315 e. The second kappa shape index (κ2) is 3.20. The van der Waals surface area contributed by atoms with Crippen LogP contribution in [0.3, 0.4) is 0 Å². The van der Waals surface area contributed by atoms with E-state index >= 15 is 0 Å². The van der Waals surface area contributed by atoms with Crippen molar-refractivity contribution in [1.82, 2.24) is 0 Å². The fourth-order valence-corrected chi connectivity index (χ4v) is 2.13. The molecule has 0 saturated carbocycles. The second-order valence-electron chi connectivity index (χ2n) is 3.85. The molecule has 1 spiro atoms. The van der Waals surface area contributed by atoms with Crippen LogP contribution in [0.15, 0.2) is 11.6 Å². The van der Waals surface area contributed by atoms with E-state index in [2.05, 4.69) is 0 Å². The van der Waals surface area contributed by atoms with Gasteiger partial charge in [-0.05, 0) is 24.5 Å². The van der Waals surface area contributed by atoms with Crippen LogP contribution in [0.25, 0.3) is 0 Å². The van der Waals surface area contributed by atoms with Gasteiger partial charge < -0.3 is 9.84 Å². The molecule has 2 unspecified atom stereocenters. The first-order valence-corrected chi connectivity index (χ1v) is 4.70. The van der Waals surface area contributed by atoms with Crippen molar-refractivity contribution >= 4 is 12.3 Å². The average Bonchev–Trinajstić information content (AvgIpc) is 2.54.